The minimum Gasteiger partial charge on any atom is -0.455 e. The first-order valence-corrected chi connectivity index (χ1v) is 11.1. The third kappa shape index (κ3) is 6.54. The molecule has 0 aliphatic carbocycles. The van der Waals surface area contributed by atoms with Gasteiger partial charge in [0.2, 0.25) is 0 Å². The lowest BCUT2D eigenvalue weighted by atomic mass is 9.87. The molecule has 32 heavy (non-hydrogen) atoms. The van der Waals surface area contributed by atoms with Gasteiger partial charge in [0.25, 0.3) is 5.91 Å². The summed E-state index contributed by atoms with van der Waals surface area (Å²) in [6.45, 7) is 12.7. The van der Waals surface area contributed by atoms with Crippen molar-refractivity contribution in [2.45, 2.75) is 65.7 Å². The summed E-state index contributed by atoms with van der Waals surface area (Å²) in [7, 11) is 0. The number of benzene rings is 2. The van der Waals surface area contributed by atoms with E-state index in [2.05, 4.69) is 69.1 Å². The Kier molecular flexibility index (Phi) is 7.52. The Labute approximate surface area is 190 Å². The van der Waals surface area contributed by atoms with Crippen LogP contribution in [0.2, 0.25) is 0 Å². The van der Waals surface area contributed by atoms with Crippen LogP contribution in [0.1, 0.15) is 67.6 Å². The van der Waals surface area contributed by atoms with Crippen LogP contribution in [0.5, 0.6) is 0 Å². The lowest BCUT2D eigenvalue weighted by Crippen LogP contribution is -2.29. The molecular weight excluding hydrogens is 403 g/mol. The first-order valence-electron chi connectivity index (χ1n) is 11.1. The highest BCUT2D eigenvalue weighted by molar-refractivity contribution is 5.91. The molecule has 0 aliphatic heterocycles. The van der Waals surface area contributed by atoms with E-state index in [1.165, 1.54) is 23.3 Å². The molecule has 0 saturated carbocycles. The number of carbonyl (C=O) groups is 1. The molecule has 5 heteroatoms. The first-order chi connectivity index (χ1) is 15.1. The predicted molar refractivity (Wildman–Crippen MR) is 126 cm³/mol. The topological polar surface area (TPSA) is 45.5 Å². The highest BCUT2D eigenvalue weighted by atomic mass is 19.1. The lowest BCUT2D eigenvalue weighted by Gasteiger charge is -2.26. The van der Waals surface area contributed by atoms with Gasteiger partial charge in [0.1, 0.15) is 11.6 Å². The SMILES string of the molecule is CC(C)N(Cc1ccc(C(C)(C)C)cc1)Cc1ccc(C(=O)NCc2ccc(F)cc2)o1. The molecule has 1 heterocycles. The molecule has 4 nitrogen and oxygen atoms in total. The number of hydrogen-bond donors (Lipinski definition) is 1. The molecule has 0 unspecified atom stereocenters. The Morgan fingerprint density at radius 1 is 0.938 bits per heavy atom. The third-order valence-electron chi connectivity index (χ3n) is 5.55. The fraction of sp³-hybridized carbons (Fsp3) is 0.370. The fourth-order valence-electron chi connectivity index (χ4n) is 3.42. The van der Waals surface area contributed by atoms with Crippen molar-refractivity contribution in [2.75, 3.05) is 0 Å². The van der Waals surface area contributed by atoms with Crippen molar-refractivity contribution in [3.8, 4) is 0 Å². The number of carbonyl (C=O) groups excluding carboxylic acids is 1. The van der Waals surface area contributed by atoms with Crippen molar-refractivity contribution < 1.29 is 13.6 Å². The largest absolute Gasteiger partial charge is 0.455 e. The molecule has 3 rings (SSSR count). The van der Waals surface area contributed by atoms with Gasteiger partial charge in [0.15, 0.2) is 5.76 Å². The summed E-state index contributed by atoms with van der Waals surface area (Å²) in [5.74, 6) is 0.447. The molecule has 0 atom stereocenters. The Balaban J connectivity index is 1.59. The second-order valence-electron chi connectivity index (χ2n) is 9.52. The molecule has 1 N–H and O–H groups in total. The van der Waals surface area contributed by atoms with Gasteiger partial charge in [0, 0.05) is 19.1 Å². The predicted octanol–water partition coefficient (Wildman–Crippen LogP) is 6.06. The number of rotatable bonds is 8. The third-order valence-corrected chi connectivity index (χ3v) is 5.55. The number of nitrogens with zero attached hydrogens (tertiary/aromatic N) is 1. The van der Waals surface area contributed by atoms with Gasteiger partial charge in [-0.25, -0.2) is 4.39 Å². The van der Waals surface area contributed by atoms with Crippen LogP contribution in [0.3, 0.4) is 0 Å². The summed E-state index contributed by atoms with van der Waals surface area (Å²) in [5, 5.41) is 2.81. The van der Waals surface area contributed by atoms with Crippen molar-refractivity contribution in [1.82, 2.24) is 10.2 Å². The monoisotopic (exact) mass is 436 g/mol. The van der Waals surface area contributed by atoms with E-state index in [9.17, 15) is 9.18 Å². The zero-order valence-electron chi connectivity index (χ0n) is 19.6. The number of hydrogen-bond acceptors (Lipinski definition) is 3. The molecular formula is C27H33FN2O2. The summed E-state index contributed by atoms with van der Waals surface area (Å²) >= 11 is 0. The molecule has 0 radical (unpaired) electrons. The number of halogens is 1. The Hall–Kier alpha value is -2.92. The number of furan rings is 1. The highest BCUT2D eigenvalue weighted by Gasteiger charge is 2.17. The summed E-state index contributed by atoms with van der Waals surface area (Å²) < 4.78 is 18.8. The molecule has 0 spiro atoms. The average molecular weight is 437 g/mol. The number of amides is 1. The van der Waals surface area contributed by atoms with Crippen LogP contribution in [0.15, 0.2) is 65.1 Å². The van der Waals surface area contributed by atoms with Gasteiger partial charge in [-0.2, -0.15) is 0 Å². The molecule has 0 bridgehead atoms. The zero-order valence-corrected chi connectivity index (χ0v) is 19.6. The van der Waals surface area contributed by atoms with Gasteiger partial charge in [-0.05, 0) is 60.2 Å². The van der Waals surface area contributed by atoms with Crippen LogP contribution in [-0.4, -0.2) is 16.8 Å². The average Bonchev–Trinajstić information content (AvgIpc) is 3.21. The van der Waals surface area contributed by atoms with E-state index >= 15 is 0 Å². The van der Waals surface area contributed by atoms with E-state index in [1.54, 1.807) is 18.2 Å². The number of nitrogens with one attached hydrogen (secondary N) is 1. The van der Waals surface area contributed by atoms with E-state index < -0.39 is 0 Å². The summed E-state index contributed by atoms with van der Waals surface area (Å²) in [6, 6.07) is 18.7. The van der Waals surface area contributed by atoms with Crippen LogP contribution >= 0.6 is 0 Å². The van der Waals surface area contributed by atoms with Crippen molar-refractivity contribution in [2.24, 2.45) is 0 Å². The van der Waals surface area contributed by atoms with E-state index in [0.29, 0.717) is 19.1 Å². The fourth-order valence-corrected chi connectivity index (χ4v) is 3.42. The lowest BCUT2D eigenvalue weighted by molar-refractivity contribution is 0.0917. The summed E-state index contributed by atoms with van der Waals surface area (Å²) in [4.78, 5) is 14.7. The second kappa shape index (κ2) is 10.1. The second-order valence-corrected chi connectivity index (χ2v) is 9.52. The molecule has 1 aromatic heterocycles. The van der Waals surface area contributed by atoms with E-state index in [1.807, 2.05) is 6.07 Å². The van der Waals surface area contributed by atoms with Crippen molar-refractivity contribution in [1.29, 1.82) is 0 Å². The van der Waals surface area contributed by atoms with Gasteiger partial charge >= 0.3 is 0 Å². The Morgan fingerprint density at radius 3 is 2.16 bits per heavy atom. The Bertz CT molecular complexity index is 1020. The van der Waals surface area contributed by atoms with Gasteiger partial charge in [-0.15, -0.1) is 0 Å². The van der Waals surface area contributed by atoms with E-state index in [4.69, 9.17) is 4.42 Å². The van der Waals surface area contributed by atoms with Crippen LogP contribution in [-0.2, 0) is 25.0 Å². The van der Waals surface area contributed by atoms with Crippen LogP contribution < -0.4 is 5.32 Å². The van der Waals surface area contributed by atoms with E-state index in [0.717, 1.165) is 17.9 Å². The molecule has 0 fully saturated rings. The van der Waals surface area contributed by atoms with Crippen molar-refractivity contribution in [3.05, 3.63) is 94.7 Å². The smallest absolute Gasteiger partial charge is 0.287 e. The maximum Gasteiger partial charge on any atom is 0.287 e. The van der Waals surface area contributed by atoms with Gasteiger partial charge in [0.05, 0.1) is 6.54 Å². The molecule has 2 aromatic carbocycles. The van der Waals surface area contributed by atoms with Crippen LogP contribution in [0, 0.1) is 5.82 Å². The zero-order chi connectivity index (χ0) is 23.3. The first kappa shape index (κ1) is 23.7. The summed E-state index contributed by atoms with van der Waals surface area (Å²) in [6.07, 6.45) is 0. The van der Waals surface area contributed by atoms with Gasteiger partial charge < -0.3 is 9.73 Å². The quantitative estimate of drug-likeness (QED) is 0.467. The molecule has 1 amide bonds. The van der Waals surface area contributed by atoms with Crippen LogP contribution in [0.25, 0.3) is 0 Å². The maximum atomic E-state index is 13.0. The minimum absolute atomic E-state index is 0.137. The molecule has 0 saturated heterocycles. The van der Waals surface area contributed by atoms with Gasteiger partial charge in [-0.1, -0.05) is 57.2 Å². The van der Waals surface area contributed by atoms with Crippen LogP contribution in [0.4, 0.5) is 4.39 Å². The van der Waals surface area contributed by atoms with Crippen molar-refractivity contribution >= 4 is 5.91 Å². The molecule has 0 aliphatic rings. The summed E-state index contributed by atoms with van der Waals surface area (Å²) in [5.41, 5.74) is 3.53. The minimum atomic E-state index is -0.296. The normalized spacial score (nSPS) is 11.9. The highest BCUT2D eigenvalue weighted by Crippen LogP contribution is 2.23. The Morgan fingerprint density at radius 2 is 1.56 bits per heavy atom. The van der Waals surface area contributed by atoms with E-state index in [-0.39, 0.29) is 22.9 Å². The van der Waals surface area contributed by atoms with Crippen molar-refractivity contribution in [3.63, 3.8) is 0 Å². The van der Waals surface area contributed by atoms with Gasteiger partial charge in [-0.3, -0.25) is 9.69 Å². The molecule has 3 aromatic rings. The maximum absolute atomic E-state index is 13.0. The molecule has 170 valence electrons. The standard InChI is InChI=1S/C27H33FN2O2/c1-19(2)30(17-21-6-10-22(11-7-21)27(3,4)5)18-24-14-15-25(32-24)26(31)29-16-20-8-12-23(28)13-9-20/h6-15,19H,16-18H2,1-5H3,(H,29,31).